The van der Waals surface area contributed by atoms with Crippen molar-refractivity contribution in [2.45, 2.75) is 6.42 Å². The molecule has 1 saturated heterocycles. The highest BCUT2D eigenvalue weighted by Gasteiger charge is 2.27. The van der Waals surface area contributed by atoms with Gasteiger partial charge in [0, 0.05) is 18.4 Å². The second kappa shape index (κ2) is 4.70. The minimum absolute atomic E-state index is 0.0100. The normalized spacial score (nSPS) is 20.9. The number of halogens is 2. The SMILES string of the molecule is O=C(c1ccc(Br)o1)N1CCC(CBr)C1. The van der Waals surface area contributed by atoms with Crippen LogP contribution in [-0.2, 0) is 0 Å². The van der Waals surface area contributed by atoms with Crippen LogP contribution in [0.25, 0.3) is 0 Å². The third-order valence-corrected chi connectivity index (χ3v) is 3.92. The summed E-state index contributed by atoms with van der Waals surface area (Å²) in [5.74, 6) is 0.980. The molecule has 1 unspecified atom stereocenters. The molecule has 82 valence electrons. The summed E-state index contributed by atoms with van der Waals surface area (Å²) in [6.45, 7) is 1.65. The second-order valence-corrected chi connectivity index (χ2v) is 5.09. The molecule has 0 N–H and O–H groups in total. The topological polar surface area (TPSA) is 33.5 Å². The molecule has 0 spiro atoms. The van der Waals surface area contributed by atoms with Crippen LogP contribution in [0.5, 0.6) is 0 Å². The van der Waals surface area contributed by atoms with Crippen molar-refractivity contribution >= 4 is 37.8 Å². The summed E-state index contributed by atoms with van der Waals surface area (Å²) in [4.78, 5) is 13.8. The number of hydrogen-bond acceptors (Lipinski definition) is 2. The van der Waals surface area contributed by atoms with Gasteiger partial charge in [0.2, 0.25) is 0 Å². The van der Waals surface area contributed by atoms with Gasteiger partial charge in [-0.15, -0.1) is 0 Å². The molecule has 5 heteroatoms. The first kappa shape index (κ1) is 11.2. The maximum absolute atomic E-state index is 11.9. The van der Waals surface area contributed by atoms with Crippen molar-refractivity contribution < 1.29 is 9.21 Å². The van der Waals surface area contributed by atoms with Crippen LogP contribution in [0, 0.1) is 5.92 Å². The van der Waals surface area contributed by atoms with Gasteiger partial charge in [0.1, 0.15) is 0 Å². The molecule has 2 heterocycles. The molecule has 1 aromatic rings. The van der Waals surface area contributed by atoms with Crippen LogP contribution in [-0.4, -0.2) is 29.2 Å². The Hall–Kier alpha value is -0.290. The number of alkyl halides is 1. The predicted molar refractivity (Wildman–Crippen MR) is 64.2 cm³/mol. The maximum atomic E-state index is 11.9. The molecule has 0 radical (unpaired) electrons. The van der Waals surface area contributed by atoms with Crippen molar-refractivity contribution in [2.24, 2.45) is 5.92 Å². The standard InChI is InChI=1S/C10H11Br2NO2/c11-5-7-3-4-13(6-7)10(14)8-1-2-9(12)15-8/h1-2,7H,3-6H2. The summed E-state index contributed by atoms with van der Waals surface area (Å²) >= 11 is 6.63. The molecule has 0 aliphatic carbocycles. The maximum Gasteiger partial charge on any atom is 0.289 e. The Kier molecular flexibility index (Phi) is 3.51. The van der Waals surface area contributed by atoms with E-state index in [4.69, 9.17) is 4.42 Å². The molecule has 1 aromatic heterocycles. The van der Waals surface area contributed by atoms with Crippen molar-refractivity contribution in [1.29, 1.82) is 0 Å². The fourth-order valence-electron chi connectivity index (χ4n) is 1.73. The Morgan fingerprint density at radius 2 is 2.40 bits per heavy atom. The van der Waals surface area contributed by atoms with E-state index in [9.17, 15) is 4.79 Å². The molecular weight excluding hydrogens is 326 g/mol. The highest BCUT2D eigenvalue weighted by molar-refractivity contribution is 9.10. The average molecular weight is 337 g/mol. The zero-order valence-electron chi connectivity index (χ0n) is 8.08. The number of hydrogen-bond donors (Lipinski definition) is 0. The van der Waals surface area contributed by atoms with Gasteiger partial charge in [-0.05, 0) is 40.4 Å². The average Bonchev–Trinajstić information content (AvgIpc) is 2.84. The number of carbonyl (C=O) groups excluding carboxylic acids is 1. The first-order valence-corrected chi connectivity index (χ1v) is 6.72. The quantitative estimate of drug-likeness (QED) is 0.778. The van der Waals surface area contributed by atoms with Crippen molar-refractivity contribution in [3.8, 4) is 0 Å². The summed E-state index contributed by atoms with van der Waals surface area (Å²) in [5, 5.41) is 0.957. The van der Waals surface area contributed by atoms with Gasteiger partial charge in [-0.25, -0.2) is 0 Å². The van der Waals surface area contributed by atoms with E-state index in [0.29, 0.717) is 16.3 Å². The van der Waals surface area contributed by atoms with E-state index in [1.165, 1.54) is 0 Å². The summed E-state index contributed by atoms with van der Waals surface area (Å²) in [7, 11) is 0. The van der Waals surface area contributed by atoms with Crippen LogP contribution < -0.4 is 0 Å². The van der Waals surface area contributed by atoms with Gasteiger partial charge in [-0.2, -0.15) is 0 Å². The molecule has 3 nitrogen and oxygen atoms in total. The van der Waals surface area contributed by atoms with Crippen LogP contribution in [0.15, 0.2) is 21.2 Å². The van der Waals surface area contributed by atoms with E-state index in [-0.39, 0.29) is 5.91 Å². The third-order valence-electron chi connectivity index (χ3n) is 2.58. The van der Waals surface area contributed by atoms with E-state index in [2.05, 4.69) is 31.9 Å². The minimum atomic E-state index is -0.0100. The molecule has 1 aliphatic rings. The Morgan fingerprint density at radius 3 is 2.93 bits per heavy atom. The lowest BCUT2D eigenvalue weighted by molar-refractivity contribution is 0.0755. The van der Waals surface area contributed by atoms with Crippen LogP contribution in [0.3, 0.4) is 0 Å². The first-order chi connectivity index (χ1) is 7.20. The van der Waals surface area contributed by atoms with E-state index in [1.807, 2.05) is 4.90 Å². The Morgan fingerprint density at radius 1 is 1.60 bits per heavy atom. The van der Waals surface area contributed by atoms with E-state index < -0.39 is 0 Å². The van der Waals surface area contributed by atoms with Crippen molar-refractivity contribution in [3.63, 3.8) is 0 Å². The lowest BCUT2D eigenvalue weighted by Crippen LogP contribution is -2.28. The number of likely N-dealkylation sites (tertiary alicyclic amines) is 1. The molecule has 1 amide bonds. The minimum Gasteiger partial charge on any atom is -0.444 e. The molecule has 1 aliphatic heterocycles. The zero-order valence-corrected chi connectivity index (χ0v) is 11.3. The second-order valence-electron chi connectivity index (χ2n) is 3.66. The van der Waals surface area contributed by atoms with Gasteiger partial charge < -0.3 is 9.32 Å². The fourth-order valence-corrected chi connectivity index (χ4v) is 2.56. The zero-order chi connectivity index (χ0) is 10.8. The van der Waals surface area contributed by atoms with Crippen LogP contribution in [0.2, 0.25) is 0 Å². The Balaban J connectivity index is 2.03. The van der Waals surface area contributed by atoms with Gasteiger partial charge in [0.05, 0.1) is 0 Å². The largest absolute Gasteiger partial charge is 0.444 e. The van der Waals surface area contributed by atoms with Crippen molar-refractivity contribution in [2.75, 3.05) is 18.4 Å². The monoisotopic (exact) mass is 335 g/mol. The summed E-state index contributed by atoms with van der Waals surface area (Å²) in [6.07, 6.45) is 1.07. The van der Waals surface area contributed by atoms with E-state index in [1.54, 1.807) is 12.1 Å². The lowest BCUT2D eigenvalue weighted by Gasteiger charge is -2.13. The molecular formula is C10H11Br2NO2. The molecule has 0 bridgehead atoms. The highest BCUT2D eigenvalue weighted by Crippen LogP contribution is 2.22. The molecule has 2 rings (SSSR count). The number of amides is 1. The fraction of sp³-hybridized carbons (Fsp3) is 0.500. The van der Waals surface area contributed by atoms with Crippen molar-refractivity contribution in [1.82, 2.24) is 4.90 Å². The van der Waals surface area contributed by atoms with Gasteiger partial charge >= 0.3 is 0 Å². The van der Waals surface area contributed by atoms with Gasteiger partial charge in [-0.1, -0.05) is 15.9 Å². The van der Waals surface area contributed by atoms with Gasteiger partial charge in [0.25, 0.3) is 5.91 Å². The first-order valence-electron chi connectivity index (χ1n) is 4.81. The smallest absolute Gasteiger partial charge is 0.289 e. The Labute approximate surface area is 105 Å². The van der Waals surface area contributed by atoms with Crippen molar-refractivity contribution in [3.05, 3.63) is 22.6 Å². The van der Waals surface area contributed by atoms with E-state index in [0.717, 1.165) is 24.8 Å². The summed E-state index contributed by atoms with van der Waals surface area (Å²) in [6, 6.07) is 3.44. The number of rotatable bonds is 2. The Bertz CT molecular complexity index is 364. The van der Waals surface area contributed by atoms with E-state index >= 15 is 0 Å². The lowest BCUT2D eigenvalue weighted by atomic mass is 10.2. The molecule has 0 aromatic carbocycles. The van der Waals surface area contributed by atoms with Crippen LogP contribution in [0.1, 0.15) is 17.0 Å². The van der Waals surface area contributed by atoms with Gasteiger partial charge in [0.15, 0.2) is 10.4 Å². The third kappa shape index (κ3) is 2.45. The predicted octanol–water partition coefficient (Wildman–Crippen LogP) is 2.90. The number of nitrogens with zero attached hydrogens (tertiary/aromatic N) is 1. The highest BCUT2D eigenvalue weighted by atomic mass is 79.9. The summed E-state index contributed by atoms with van der Waals surface area (Å²) < 4.78 is 5.84. The summed E-state index contributed by atoms with van der Waals surface area (Å²) in [5.41, 5.74) is 0. The molecule has 1 fully saturated rings. The van der Waals surface area contributed by atoms with Gasteiger partial charge in [-0.3, -0.25) is 4.79 Å². The molecule has 1 atom stereocenters. The number of furan rings is 1. The molecule has 0 saturated carbocycles. The molecule has 15 heavy (non-hydrogen) atoms. The number of carbonyl (C=O) groups is 1. The van der Waals surface area contributed by atoms with Crippen LogP contribution in [0.4, 0.5) is 0 Å². The van der Waals surface area contributed by atoms with Crippen LogP contribution >= 0.6 is 31.9 Å².